The number of quaternary nitrogens is 1. The zero-order chi connectivity index (χ0) is 54.2. The van der Waals surface area contributed by atoms with Crippen LogP contribution in [0.1, 0.15) is 58.1 Å². The molecule has 7 atom stereocenters. The Morgan fingerprint density at radius 2 is 0.868 bits per heavy atom. The summed E-state index contributed by atoms with van der Waals surface area (Å²) < 4.78 is 113. The fourth-order valence-corrected chi connectivity index (χ4v) is 16.0. The fraction of sp³-hybridized carbons (Fsp3) is 0.345. The van der Waals surface area contributed by atoms with Crippen molar-refractivity contribution < 1.29 is 48.3 Å². The second-order valence-electron chi connectivity index (χ2n) is 20.3. The van der Waals surface area contributed by atoms with Gasteiger partial charge in [0.15, 0.2) is 41.7 Å². The third-order valence-corrected chi connectivity index (χ3v) is 20.7. The first kappa shape index (κ1) is 55.5. The van der Waals surface area contributed by atoms with Crippen LogP contribution in [0.15, 0.2) is 124 Å². The molecule has 10 rings (SSSR count). The predicted octanol–water partition coefficient (Wildman–Crippen LogP) is 12.5. The summed E-state index contributed by atoms with van der Waals surface area (Å²) in [6.45, 7) is 0.801. The van der Waals surface area contributed by atoms with Gasteiger partial charge in [0.2, 0.25) is 0 Å². The molecule has 11 nitrogen and oxygen atoms in total. The molecular formula is C55H52Cl6FN2O9S3+. The first-order valence-electron chi connectivity index (χ1n) is 24.4. The van der Waals surface area contributed by atoms with E-state index in [-0.39, 0.29) is 25.7 Å². The monoisotopic (exact) mass is 1210 g/mol. The Kier molecular flexibility index (Phi) is 15.6. The Bertz CT molecular complexity index is 3430. The molecule has 1 fully saturated rings. The molecule has 3 aliphatic carbocycles. The Morgan fingerprint density at radius 3 is 1.24 bits per heavy atom. The number of sulfone groups is 3. The van der Waals surface area contributed by atoms with E-state index in [2.05, 4.69) is 4.90 Å². The van der Waals surface area contributed by atoms with Crippen molar-refractivity contribution >= 4 is 99.1 Å². The molecule has 0 radical (unpaired) electrons. The molecule has 4 aliphatic rings. The van der Waals surface area contributed by atoms with E-state index in [9.17, 15) is 25.3 Å². The standard InChI is InChI=1S/C55H52Cl6FN2O9S3/c1-74(65,66)37-11-5-34(6-12-37)71-53-43-21-31(56)24-47(59)40(43)27-46(53)52-30-63(19-17-62)18-4-20-64(52,50-28-41-44(22-32(57)25-48(41)60)54(50)72-35-7-13-38(14-8-35)75(2,67)68)51-29-42-45(23-33(58)26-49(42)61)55(51)73-36-9-15-39(16-10-36)76(3,69)70/h5-16,21-26,46,50-55H,4,17-20,27-30H2,1-3H3/q+1/t46-,50-,51-,52?,53+,54+,55+/m0/s1. The van der Waals surface area contributed by atoms with Crippen molar-refractivity contribution in [3.8, 4) is 17.2 Å². The maximum absolute atomic E-state index is 15.0. The van der Waals surface area contributed by atoms with Gasteiger partial charge in [-0.1, -0.05) is 69.6 Å². The molecule has 1 saturated heterocycles. The van der Waals surface area contributed by atoms with Gasteiger partial charge in [0.05, 0.1) is 33.7 Å². The van der Waals surface area contributed by atoms with Crippen LogP contribution in [0.25, 0.3) is 0 Å². The minimum absolute atomic E-state index is 0.110. The molecule has 0 amide bonds. The van der Waals surface area contributed by atoms with Gasteiger partial charge in [-0.15, -0.1) is 0 Å². The molecule has 1 unspecified atom stereocenters. The van der Waals surface area contributed by atoms with Crippen LogP contribution in [0.2, 0.25) is 30.1 Å². The van der Waals surface area contributed by atoms with Crippen LogP contribution in [-0.4, -0.2) is 104 Å². The minimum atomic E-state index is -3.57. The van der Waals surface area contributed by atoms with Gasteiger partial charge >= 0.3 is 0 Å². The lowest BCUT2D eigenvalue weighted by Crippen LogP contribution is -2.72. The summed E-state index contributed by atoms with van der Waals surface area (Å²) in [5.74, 6) is 0.676. The Morgan fingerprint density at radius 1 is 0.513 bits per heavy atom. The average Bonchev–Trinajstić information content (AvgIpc) is 4.17. The summed E-state index contributed by atoms with van der Waals surface area (Å²) in [7, 11) is -10.7. The number of hydrogen-bond acceptors (Lipinski definition) is 10. The van der Waals surface area contributed by atoms with Crippen molar-refractivity contribution in [1.29, 1.82) is 0 Å². The van der Waals surface area contributed by atoms with Crippen molar-refractivity contribution in [1.82, 2.24) is 4.90 Å². The van der Waals surface area contributed by atoms with E-state index in [1.807, 2.05) is 18.2 Å². The highest BCUT2D eigenvalue weighted by Crippen LogP contribution is 2.57. The number of nitrogens with zero attached hydrogens (tertiary/aromatic N) is 2. The third-order valence-electron chi connectivity index (χ3n) is 15.6. The fourth-order valence-electron chi connectivity index (χ4n) is 12.4. The number of hydrogen-bond donors (Lipinski definition) is 0. The first-order valence-corrected chi connectivity index (χ1v) is 32.4. The van der Waals surface area contributed by atoms with Crippen molar-refractivity contribution in [2.75, 3.05) is 51.6 Å². The lowest BCUT2D eigenvalue weighted by molar-refractivity contribution is -1.00. The van der Waals surface area contributed by atoms with Crippen molar-refractivity contribution in [2.45, 2.75) is 76.8 Å². The largest absolute Gasteiger partial charge is 0.485 e. The third kappa shape index (κ3) is 10.8. The Hall–Kier alpha value is -3.84. The summed E-state index contributed by atoms with van der Waals surface area (Å²) >= 11 is 42.5. The molecule has 0 saturated carbocycles. The van der Waals surface area contributed by atoms with Gasteiger partial charge < -0.3 is 18.7 Å². The van der Waals surface area contributed by atoms with E-state index in [0.717, 1.165) is 52.1 Å². The SMILES string of the molecule is CS(=O)(=O)c1ccc(O[C@@H]2c3cc(Cl)cc(Cl)c3C[C@H]2C2CN(CCF)CCC[N+]2([C@H]2Cc3c(Cl)cc(Cl)cc3[C@H]2Oc2ccc(S(C)(=O)=O)cc2)[C@H]2Cc3c(Cl)cc(Cl)cc3[C@H]2Oc2ccc(S(C)(=O)=O)cc2)cc1. The Balaban J connectivity index is 1.24. The van der Waals surface area contributed by atoms with Crippen LogP contribution >= 0.6 is 69.6 Å². The number of halogens is 7. The molecule has 0 aromatic heterocycles. The van der Waals surface area contributed by atoms with Gasteiger partial charge in [0, 0.05) is 92.4 Å². The van der Waals surface area contributed by atoms with E-state index in [4.69, 9.17) is 83.8 Å². The van der Waals surface area contributed by atoms with Gasteiger partial charge in [0.1, 0.15) is 48.2 Å². The van der Waals surface area contributed by atoms with Crippen LogP contribution in [0, 0.1) is 5.92 Å². The molecular weight excluding hydrogens is 1160 g/mol. The van der Waals surface area contributed by atoms with E-state index >= 15 is 4.39 Å². The highest BCUT2D eigenvalue weighted by molar-refractivity contribution is 7.91. The number of fused-ring (bicyclic) bond motifs is 3. The number of benzene rings is 6. The molecule has 6 aromatic rings. The summed E-state index contributed by atoms with van der Waals surface area (Å²) in [6, 6.07) is 27.8. The quantitative estimate of drug-likeness (QED) is 0.0971. The lowest BCUT2D eigenvalue weighted by atomic mass is 9.84. The molecule has 402 valence electrons. The van der Waals surface area contributed by atoms with E-state index in [0.29, 0.717) is 92.7 Å². The van der Waals surface area contributed by atoms with Gasteiger partial charge in [-0.25, -0.2) is 29.6 Å². The van der Waals surface area contributed by atoms with Crippen LogP contribution in [0.4, 0.5) is 4.39 Å². The zero-order valence-corrected chi connectivity index (χ0v) is 48.2. The molecule has 76 heavy (non-hydrogen) atoms. The van der Waals surface area contributed by atoms with Crippen molar-refractivity contribution in [3.63, 3.8) is 0 Å². The minimum Gasteiger partial charge on any atom is -0.485 e. The van der Waals surface area contributed by atoms with Gasteiger partial charge in [0.25, 0.3) is 0 Å². The molecule has 0 N–H and O–H groups in total. The van der Waals surface area contributed by atoms with Crippen LogP contribution in [0.5, 0.6) is 17.2 Å². The summed E-state index contributed by atoms with van der Waals surface area (Å²) in [5, 5.41) is 2.41. The second-order valence-corrected chi connectivity index (χ2v) is 28.8. The average molecular weight is 1210 g/mol. The number of alkyl halides is 1. The zero-order valence-electron chi connectivity index (χ0n) is 41.2. The summed E-state index contributed by atoms with van der Waals surface area (Å²) in [5.41, 5.74) is 4.59. The van der Waals surface area contributed by atoms with Gasteiger partial charge in [-0.05, 0) is 138 Å². The summed E-state index contributed by atoms with van der Waals surface area (Å²) in [6.07, 6.45) is 2.65. The maximum Gasteiger partial charge on any atom is 0.176 e. The van der Waals surface area contributed by atoms with Crippen molar-refractivity contribution in [2.24, 2.45) is 5.92 Å². The van der Waals surface area contributed by atoms with E-state index in [1.165, 1.54) is 36.4 Å². The normalized spacial score (nSPS) is 23.4. The number of ether oxygens (including phenoxy) is 3. The highest BCUT2D eigenvalue weighted by atomic mass is 35.5. The predicted molar refractivity (Wildman–Crippen MR) is 296 cm³/mol. The second kappa shape index (κ2) is 21.3. The molecule has 21 heteroatoms. The molecule has 0 spiro atoms. The van der Waals surface area contributed by atoms with Crippen LogP contribution in [-0.2, 0) is 48.8 Å². The van der Waals surface area contributed by atoms with Gasteiger partial charge in [-0.3, -0.25) is 4.90 Å². The highest BCUT2D eigenvalue weighted by Gasteiger charge is 2.64. The molecule has 1 heterocycles. The van der Waals surface area contributed by atoms with Crippen LogP contribution < -0.4 is 14.2 Å². The first-order chi connectivity index (χ1) is 35.9. The molecule has 0 bridgehead atoms. The van der Waals surface area contributed by atoms with Crippen LogP contribution in [0.3, 0.4) is 0 Å². The number of rotatable bonds is 14. The van der Waals surface area contributed by atoms with E-state index in [1.54, 1.807) is 54.6 Å². The summed E-state index contributed by atoms with van der Waals surface area (Å²) in [4.78, 5) is 2.47. The smallest absolute Gasteiger partial charge is 0.176 e. The maximum atomic E-state index is 15.0. The Labute approximate surface area is 473 Å². The van der Waals surface area contributed by atoms with E-state index < -0.39 is 78.5 Å². The van der Waals surface area contributed by atoms with Crippen molar-refractivity contribution in [3.05, 3.63) is 173 Å². The lowest BCUT2D eigenvalue weighted by Gasteiger charge is -2.56. The van der Waals surface area contributed by atoms with Gasteiger partial charge in [-0.2, -0.15) is 0 Å². The molecule has 6 aromatic carbocycles. The molecule has 1 aliphatic heterocycles. The topological polar surface area (TPSA) is 133 Å².